The van der Waals surface area contributed by atoms with Crippen LogP contribution in [0.4, 0.5) is 5.69 Å². The number of halogens is 1. The fourth-order valence-electron chi connectivity index (χ4n) is 1.56. The standard InChI is InChI=1S/C12H8ClN5O/c13-8-4-1-3-7(9(8)14)12-17-11(18-19-12)10-15-5-2-6-16-10/h1-6H,14H2. The summed E-state index contributed by atoms with van der Waals surface area (Å²) >= 11 is 5.95. The molecular weight excluding hydrogens is 266 g/mol. The first-order valence-corrected chi connectivity index (χ1v) is 5.79. The average Bonchev–Trinajstić information content (AvgIpc) is 2.92. The van der Waals surface area contributed by atoms with E-state index in [2.05, 4.69) is 20.1 Å². The van der Waals surface area contributed by atoms with Crippen molar-refractivity contribution in [2.24, 2.45) is 0 Å². The highest BCUT2D eigenvalue weighted by molar-refractivity contribution is 6.33. The topological polar surface area (TPSA) is 90.7 Å². The quantitative estimate of drug-likeness (QED) is 0.721. The lowest BCUT2D eigenvalue weighted by Gasteiger charge is -2.01. The predicted molar refractivity (Wildman–Crippen MR) is 70.2 cm³/mol. The third-order valence-corrected chi connectivity index (χ3v) is 2.80. The molecule has 0 radical (unpaired) electrons. The third kappa shape index (κ3) is 2.13. The first-order chi connectivity index (χ1) is 9.25. The van der Waals surface area contributed by atoms with Crippen LogP contribution < -0.4 is 5.73 Å². The summed E-state index contributed by atoms with van der Waals surface area (Å²) in [7, 11) is 0. The molecule has 0 unspecified atom stereocenters. The van der Waals surface area contributed by atoms with Gasteiger partial charge in [-0.2, -0.15) is 4.98 Å². The van der Waals surface area contributed by atoms with Gasteiger partial charge < -0.3 is 10.3 Å². The van der Waals surface area contributed by atoms with Gasteiger partial charge in [-0.15, -0.1) is 0 Å². The van der Waals surface area contributed by atoms with Crippen molar-refractivity contribution >= 4 is 17.3 Å². The number of hydrogen-bond donors (Lipinski definition) is 1. The van der Waals surface area contributed by atoms with Crippen LogP contribution in [0.25, 0.3) is 23.1 Å². The van der Waals surface area contributed by atoms with Crippen molar-refractivity contribution in [2.45, 2.75) is 0 Å². The molecule has 1 aromatic carbocycles. The Balaban J connectivity index is 2.05. The van der Waals surface area contributed by atoms with Crippen LogP contribution in [-0.2, 0) is 0 Å². The normalized spacial score (nSPS) is 10.6. The van der Waals surface area contributed by atoms with Crippen molar-refractivity contribution in [3.63, 3.8) is 0 Å². The second-order valence-corrected chi connectivity index (χ2v) is 4.10. The van der Waals surface area contributed by atoms with Crippen molar-refractivity contribution in [3.05, 3.63) is 41.7 Å². The Bertz CT molecular complexity index is 713. The van der Waals surface area contributed by atoms with E-state index in [1.165, 1.54) is 0 Å². The van der Waals surface area contributed by atoms with Crippen LogP contribution in [0, 0.1) is 0 Å². The molecule has 0 aliphatic heterocycles. The van der Waals surface area contributed by atoms with E-state index < -0.39 is 0 Å². The number of benzene rings is 1. The summed E-state index contributed by atoms with van der Waals surface area (Å²) in [6.07, 6.45) is 3.21. The molecule has 2 N–H and O–H groups in total. The van der Waals surface area contributed by atoms with Gasteiger partial charge >= 0.3 is 0 Å². The summed E-state index contributed by atoms with van der Waals surface area (Å²) in [6.45, 7) is 0. The Labute approximate surface area is 113 Å². The SMILES string of the molecule is Nc1c(Cl)cccc1-c1nc(-c2ncccn2)no1. The molecule has 94 valence electrons. The van der Waals surface area contributed by atoms with Crippen LogP contribution >= 0.6 is 11.6 Å². The summed E-state index contributed by atoms with van der Waals surface area (Å²) in [5.41, 5.74) is 6.85. The molecule has 2 aromatic heterocycles. The largest absolute Gasteiger partial charge is 0.397 e. The highest BCUT2D eigenvalue weighted by Crippen LogP contribution is 2.30. The maximum atomic E-state index is 5.95. The minimum absolute atomic E-state index is 0.280. The molecule has 0 fully saturated rings. The Morgan fingerprint density at radius 3 is 2.63 bits per heavy atom. The number of aromatic nitrogens is 4. The van der Waals surface area contributed by atoms with Gasteiger partial charge in [0.05, 0.1) is 16.3 Å². The van der Waals surface area contributed by atoms with Crippen LogP contribution in [0.5, 0.6) is 0 Å². The number of hydrogen-bond acceptors (Lipinski definition) is 6. The van der Waals surface area contributed by atoms with E-state index in [0.717, 1.165) is 0 Å². The number of nitrogens with zero attached hydrogens (tertiary/aromatic N) is 4. The van der Waals surface area contributed by atoms with Gasteiger partial charge in [-0.3, -0.25) is 0 Å². The molecule has 0 amide bonds. The molecule has 0 atom stereocenters. The lowest BCUT2D eigenvalue weighted by atomic mass is 10.2. The van der Waals surface area contributed by atoms with Gasteiger partial charge in [0.2, 0.25) is 11.6 Å². The Morgan fingerprint density at radius 1 is 1.05 bits per heavy atom. The molecule has 0 aliphatic carbocycles. The van der Waals surface area contributed by atoms with Crippen molar-refractivity contribution in [1.29, 1.82) is 0 Å². The van der Waals surface area contributed by atoms with E-state index in [9.17, 15) is 0 Å². The van der Waals surface area contributed by atoms with Gasteiger partial charge in [0.15, 0.2) is 0 Å². The summed E-state index contributed by atoms with van der Waals surface area (Å²) < 4.78 is 5.16. The van der Waals surface area contributed by atoms with Gasteiger partial charge in [0, 0.05) is 12.4 Å². The van der Waals surface area contributed by atoms with E-state index in [1.54, 1.807) is 36.7 Å². The van der Waals surface area contributed by atoms with E-state index >= 15 is 0 Å². The number of anilines is 1. The predicted octanol–water partition coefficient (Wildman–Crippen LogP) is 2.43. The molecule has 7 heteroatoms. The van der Waals surface area contributed by atoms with Gasteiger partial charge in [-0.1, -0.05) is 22.8 Å². The third-order valence-electron chi connectivity index (χ3n) is 2.48. The van der Waals surface area contributed by atoms with Crippen molar-refractivity contribution in [1.82, 2.24) is 20.1 Å². The highest BCUT2D eigenvalue weighted by atomic mass is 35.5. The Morgan fingerprint density at radius 2 is 1.84 bits per heavy atom. The Kier molecular flexibility index (Phi) is 2.85. The molecular formula is C12H8ClN5O. The molecule has 2 heterocycles. The number of rotatable bonds is 2. The van der Waals surface area contributed by atoms with Gasteiger partial charge in [-0.25, -0.2) is 9.97 Å². The zero-order chi connectivity index (χ0) is 13.2. The van der Waals surface area contributed by atoms with Crippen LogP contribution in [0.3, 0.4) is 0 Å². The molecule has 0 bridgehead atoms. The van der Waals surface area contributed by atoms with Crippen molar-refractivity contribution in [3.8, 4) is 23.1 Å². The lowest BCUT2D eigenvalue weighted by Crippen LogP contribution is -1.92. The molecule has 3 aromatic rings. The van der Waals surface area contributed by atoms with Crippen LogP contribution in [0.1, 0.15) is 0 Å². The molecule has 0 spiro atoms. The molecule has 6 nitrogen and oxygen atoms in total. The van der Waals surface area contributed by atoms with E-state index in [4.69, 9.17) is 21.9 Å². The molecule has 0 saturated heterocycles. The average molecular weight is 274 g/mol. The summed E-state index contributed by atoms with van der Waals surface area (Å²) in [6, 6.07) is 6.92. The van der Waals surface area contributed by atoms with Crippen LogP contribution in [0.15, 0.2) is 41.2 Å². The minimum atomic E-state index is 0.280. The molecule has 0 aliphatic rings. The smallest absolute Gasteiger partial charge is 0.260 e. The minimum Gasteiger partial charge on any atom is -0.397 e. The number of para-hydroxylation sites is 1. The van der Waals surface area contributed by atoms with Gasteiger partial charge in [0.25, 0.3) is 5.89 Å². The molecule has 3 rings (SSSR count). The second kappa shape index (κ2) is 4.66. The van der Waals surface area contributed by atoms with Crippen molar-refractivity contribution < 1.29 is 4.52 Å². The molecule has 19 heavy (non-hydrogen) atoms. The number of nitrogens with two attached hydrogens (primary N) is 1. The van der Waals surface area contributed by atoms with E-state index in [-0.39, 0.29) is 5.89 Å². The zero-order valence-corrected chi connectivity index (χ0v) is 10.4. The van der Waals surface area contributed by atoms with Crippen LogP contribution in [0.2, 0.25) is 5.02 Å². The van der Waals surface area contributed by atoms with Gasteiger partial charge in [-0.05, 0) is 18.2 Å². The first kappa shape index (κ1) is 11.6. The number of nitrogen functional groups attached to an aromatic ring is 1. The summed E-state index contributed by atoms with van der Waals surface area (Å²) in [4.78, 5) is 12.3. The van der Waals surface area contributed by atoms with E-state index in [0.29, 0.717) is 27.9 Å². The fourth-order valence-corrected chi connectivity index (χ4v) is 1.74. The lowest BCUT2D eigenvalue weighted by molar-refractivity contribution is 0.432. The first-order valence-electron chi connectivity index (χ1n) is 5.41. The van der Waals surface area contributed by atoms with Crippen LogP contribution in [-0.4, -0.2) is 20.1 Å². The van der Waals surface area contributed by atoms with Gasteiger partial charge in [0.1, 0.15) is 0 Å². The summed E-state index contributed by atoms with van der Waals surface area (Å²) in [5.74, 6) is 0.968. The van der Waals surface area contributed by atoms with E-state index in [1.807, 2.05) is 0 Å². The second-order valence-electron chi connectivity index (χ2n) is 3.70. The fraction of sp³-hybridized carbons (Fsp3) is 0. The van der Waals surface area contributed by atoms with Crippen molar-refractivity contribution in [2.75, 3.05) is 5.73 Å². The maximum Gasteiger partial charge on any atom is 0.260 e. The Hall–Kier alpha value is -2.47. The molecule has 0 saturated carbocycles. The maximum absolute atomic E-state index is 5.95. The monoisotopic (exact) mass is 273 g/mol. The zero-order valence-electron chi connectivity index (χ0n) is 9.62. The summed E-state index contributed by atoms with van der Waals surface area (Å²) in [5, 5.41) is 4.26. The highest BCUT2D eigenvalue weighted by Gasteiger charge is 2.15.